The molecule has 0 heterocycles. The molecule has 21 heavy (non-hydrogen) atoms. The van der Waals surface area contributed by atoms with E-state index in [4.69, 9.17) is 10.5 Å². The van der Waals surface area contributed by atoms with Gasteiger partial charge in [0, 0.05) is 23.5 Å². The Kier molecular flexibility index (Phi) is 8.38. The Balaban J connectivity index is 2.21. The second kappa shape index (κ2) is 9.79. The molecule has 5 heteroatoms. The molecule has 0 aromatic heterocycles. The molecule has 1 unspecified atom stereocenters. The predicted molar refractivity (Wildman–Crippen MR) is 89.3 cm³/mol. The molecule has 0 fully saturated rings. The van der Waals surface area contributed by atoms with Crippen molar-refractivity contribution in [2.24, 2.45) is 11.7 Å². The number of hydrogen-bond donors (Lipinski definition) is 2. The van der Waals surface area contributed by atoms with Crippen LogP contribution in [0.4, 0.5) is 0 Å². The van der Waals surface area contributed by atoms with Gasteiger partial charge in [0.25, 0.3) is 0 Å². The molecule has 1 amide bonds. The Morgan fingerprint density at radius 3 is 2.81 bits per heavy atom. The van der Waals surface area contributed by atoms with Crippen LogP contribution in [-0.4, -0.2) is 25.1 Å². The number of hydrogen-bond acceptors (Lipinski definition) is 3. The monoisotopic (exact) mass is 356 g/mol. The van der Waals surface area contributed by atoms with Crippen LogP contribution in [0.1, 0.15) is 33.1 Å². The Labute approximate surface area is 135 Å². The topological polar surface area (TPSA) is 64.3 Å². The van der Waals surface area contributed by atoms with Gasteiger partial charge in [-0.05, 0) is 37.0 Å². The summed E-state index contributed by atoms with van der Waals surface area (Å²) in [5, 5.41) is 2.98. The second-order valence-electron chi connectivity index (χ2n) is 5.54. The van der Waals surface area contributed by atoms with Gasteiger partial charge >= 0.3 is 0 Å². The van der Waals surface area contributed by atoms with Gasteiger partial charge in [0.1, 0.15) is 5.75 Å². The molecule has 0 spiro atoms. The van der Waals surface area contributed by atoms with E-state index >= 15 is 0 Å². The number of ether oxygens (including phenoxy) is 1. The van der Waals surface area contributed by atoms with Crippen molar-refractivity contribution in [3.8, 4) is 5.75 Å². The molecule has 0 radical (unpaired) electrons. The average molecular weight is 357 g/mol. The lowest BCUT2D eigenvalue weighted by Crippen LogP contribution is -2.41. The van der Waals surface area contributed by atoms with Crippen molar-refractivity contribution in [3.63, 3.8) is 0 Å². The van der Waals surface area contributed by atoms with Gasteiger partial charge in [0.05, 0.1) is 6.61 Å². The van der Waals surface area contributed by atoms with Gasteiger partial charge in [-0.15, -0.1) is 0 Å². The molecule has 1 aromatic carbocycles. The second-order valence-corrected chi connectivity index (χ2v) is 6.45. The molecule has 1 atom stereocenters. The lowest BCUT2D eigenvalue weighted by atomic mass is 10.0. The van der Waals surface area contributed by atoms with E-state index in [0.717, 1.165) is 16.6 Å². The zero-order valence-electron chi connectivity index (χ0n) is 12.8. The number of amides is 1. The highest BCUT2D eigenvalue weighted by Gasteiger charge is 2.12. The standard InChI is InChI=1S/C16H25BrN2O2/c1-12(2)9-14(11-18)19-16(20)7-4-8-21-15-6-3-5-13(17)10-15/h3,5-6,10,12,14H,4,7-9,11,18H2,1-2H3,(H,19,20). The minimum Gasteiger partial charge on any atom is -0.494 e. The first kappa shape index (κ1) is 18.0. The summed E-state index contributed by atoms with van der Waals surface area (Å²) < 4.78 is 6.58. The number of halogens is 1. The Morgan fingerprint density at radius 1 is 1.43 bits per heavy atom. The third-order valence-corrected chi connectivity index (χ3v) is 3.51. The van der Waals surface area contributed by atoms with Gasteiger partial charge < -0.3 is 15.8 Å². The molecule has 0 saturated heterocycles. The van der Waals surface area contributed by atoms with E-state index in [1.807, 2.05) is 24.3 Å². The molecule has 0 aliphatic carbocycles. The third kappa shape index (κ3) is 8.07. The number of carbonyl (C=O) groups excluding carboxylic acids is 1. The third-order valence-electron chi connectivity index (χ3n) is 3.02. The quantitative estimate of drug-likeness (QED) is 0.668. The first-order valence-corrected chi connectivity index (χ1v) is 8.18. The number of rotatable bonds is 9. The molecule has 4 nitrogen and oxygen atoms in total. The summed E-state index contributed by atoms with van der Waals surface area (Å²) >= 11 is 3.39. The summed E-state index contributed by atoms with van der Waals surface area (Å²) in [6.45, 7) is 5.26. The number of carbonyl (C=O) groups is 1. The van der Waals surface area contributed by atoms with E-state index in [1.165, 1.54) is 0 Å². The summed E-state index contributed by atoms with van der Waals surface area (Å²) in [5.41, 5.74) is 5.67. The van der Waals surface area contributed by atoms with E-state index in [0.29, 0.717) is 31.9 Å². The van der Waals surface area contributed by atoms with Gasteiger partial charge in [-0.2, -0.15) is 0 Å². The van der Waals surface area contributed by atoms with Gasteiger partial charge in [0.2, 0.25) is 5.91 Å². The fourth-order valence-electron chi connectivity index (χ4n) is 2.06. The van der Waals surface area contributed by atoms with Crippen molar-refractivity contribution < 1.29 is 9.53 Å². The summed E-state index contributed by atoms with van der Waals surface area (Å²) in [6.07, 6.45) is 2.07. The van der Waals surface area contributed by atoms with E-state index in [-0.39, 0.29) is 11.9 Å². The van der Waals surface area contributed by atoms with Gasteiger partial charge in [0.15, 0.2) is 0 Å². The van der Waals surface area contributed by atoms with Crippen molar-refractivity contribution in [1.29, 1.82) is 0 Å². The van der Waals surface area contributed by atoms with E-state index in [1.54, 1.807) is 0 Å². The normalized spacial score (nSPS) is 12.2. The molecule has 118 valence electrons. The SMILES string of the molecule is CC(C)CC(CN)NC(=O)CCCOc1cccc(Br)c1. The molecule has 0 aliphatic rings. The Morgan fingerprint density at radius 2 is 2.19 bits per heavy atom. The first-order chi connectivity index (χ1) is 10.0. The van der Waals surface area contributed by atoms with E-state index in [9.17, 15) is 4.79 Å². The van der Waals surface area contributed by atoms with Crippen LogP contribution in [0.5, 0.6) is 5.75 Å². The summed E-state index contributed by atoms with van der Waals surface area (Å²) in [6, 6.07) is 7.75. The number of benzene rings is 1. The van der Waals surface area contributed by atoms with Gasteiger partial charge in [-0.1, -0.05) is 35.8 Å². The summed E-state index contributed by atoms with van der Waals surface area (Å²) in [5.74, 6) is 1.38. The first-order valence-electron chi connectivity index (χ1n) is 7.39. The highest BCUT2D eigenvalue weighted by molar-refractivity contribution is 9.10. The van der Waals surface area contributed by atoms with Crippen molar-refractivity contribution in [3.05, 3.63) is 28.7 Å². The lowest BCUT2D eigenvalue weighted by Gasteiger charge is -2.18. The average Bonchev–Trinajstić information content (AvgIpc) is 2.42. The van der Waals surface area contributed by atoms with Crippen molar-refractivity contribution in [1.82, 2.24) is 5.32 Å². The van der Waals surface area contributed by atoms with Crippen LogP contribution < -0.4 is 15.8 Å². The molecule has 0 bridgehead atoms. The molecular weight excluding hydrogens is 332 g/mol. The minimum absolute atomic E-state index is 0.0453. The summed E-state index contributed by atoms with van der Waals surface area (Å²) in [4.78, 5) is 11.8. The zero-order valence-corrected chi connectivity index (χ0v) is 14.4. The maximum atomic E-state index is 11.8. The van der Waals surface area contributed by atoms with Crippen LogP contribution in [0, 0.1) is 5.92 Å². The fraction of sp³-hybridized carbons (Fsp3) is 0.562. The zero-order chi connectivity index (χ0) is 15.7. The smallest absolute Gasteiger partial charge is 0.220 e. The molecular formula is C16H25BrN2O2. The largest absolute Gasteiger partial charge is 0.494 e. The van der Waals surface area contributed by atoms with Crippen LogP contribution >= 0.6 is 15.9 Å². The highest BCUT2D eigenvalue weighted by Crippen LogP contribution is 2.17. The van der Waals surface area contributed by atoms with Crippen LogP contribution in [0.2, 0.25) is 0 Å². The van der Waals surface area contributed by atoms with E-state index in [2.05, 4.69) is 35.1 Å². The van der Waals surface area contributed by atoms with Gasteiger partial charge in [-0.3, -0.25) is 4.79 Å². The lowest BCUT2D eigenvalue weighted by molar-refractivity contribution is -0.122. The molecule has 3 N–H and O–H groups in total. The van der Waals surface area contributed by atoms with Crippen molar-refractivity contribution in [2.45, 2.75) is 39.2 Å². The summed E-state index contributed by atoms with van der Waals surface area (Å²) in [7, 11) is 0. The van der Waals surface area contributed by atoms with Crippen molar-refractivity contribution in [2.75, 3.05) is 13.2 Å². The van der Waals surface area contributed by atoms with Crippen LogP contribution in [0.15, 0.2) is 28.7 Å². The Hall–Kier alpha value is -1.07. The van der Waals surface area contributed by atoms with Crippen LogP contribution in [0.25, 0.3) is 0 Å². The molecule has 0 aliphatic heterocycles. The van der Waals surface area contributed by atoms with Crippen LogP contribution in [0.3, 0.4) is 0 Å². The molecule has 1 aromatic rings. The maximum Gasteiger partial charge on any atom is 0.220 e. The molecule has 1 rings (SSSR count). The maximum absolute atomic E-state index is 11.8. The van der Waals surface area contributed by atoms with Crippen LogP contribution in [-0.2, 0) is 4.79 Å². The van der Waals surface area contributed by atoms with E-state index < -0.39 is 0 Å². The van der Waals surface area contributed by atoms with Crippen molar-refractivity contribution >= 4 is 21.8 Å². The number of nitrogens with one attached hydrogen (secondary N) is 1. The highest BCUT2D eigenvalue weighted by atomic mass is 79.9. The Bertz CT molecular complexity index is 438. The van der Waals surface area contributed by atoms with Gasteiger partial charge in [-0.25, -0.2) is 0 Å². The molecule has 0 saturated carbocycles. The fourth-order valence-corrected chi connectivity index (χ4v) is 2.44. The predicted octanol–water partition coefficient (Wildman–Crippen LogP) is 3.10. The minimum atomic E-state index is 0.0453. The number of nitrogens with two attached hydrogens (primary N) is 1.